The normalized spacial score (nSPS) is 12.1. The second-order valence-corrected chi connectivity index (χ2v) is 4.65. The molecule has 2 nitrogen and oxygen atoms in total. The molecule has 2 heteroatoms. The molecule has 0 bridgehead atoms. The monoisotopic (exact) mass is 240 g/mol. The van der Waals surface area contributed by atoms with Crippen molar-refractivity contribution in [3.63, 3.8) is 0 Å². The largest absolute Gasteiger partial charge is 0.399 e. The average molecular weight is 240 g/mol. The van der Waals surface area contributed by atoms with Crippen LogP contribution in [0.5, 0.6) is 0 Å². The number of anilines is 2. The lowest BCUT2D eigenvalue weighted by atomic mass is 9.97. The maximum atomic E-state index is 5.69. The van der Waals surface area contributed by atoms with Gasteiger partial charge in [0, 0.05) is 17.9 Å². The molecule has 0 aliphatic heterocycles. The van der Waals surface area contributed by atoms with Gasteiger partial charge in [-0.25, -0.2) is 0 Å². The van der Waals surface area contributed by atoms with E-state index in [0.29, 0.717) is 5.92 Å². The molecule has 2 rings (SSSR count). The first kappa shape index (κ1) is 12.5. The molecule has 18 heavy (non-hydrogen) atoms. The number of rotatable bonds is 5. The molecule has 3 N–H and O–H groups in total. The third kappa shape index (κ3) is 3.52. The summed E-state index contributed by atoms with van der Waals surface area (Å²) in [7, 11) is 0. The highest BCUT2D eigenvalue weighted by atomic mass is 14.9. The van der Waals surface area contributed by atoms with E-state index >= 15 is 0 Å². The average Bonchev–Trinajstić information content (AvgIpc) is 2.40. The van der Waals surface area contributed by atoms with Crippen LogP contribution in [-0.2, 0) is 0 Å². The minimum absolute atomic E-state index is 0.543. The predicted molar refractivity (Wildman–Crippen MR) is 78.8 cm³/mol. The molecule has 2 aromatic carbocycles. The quantitative estimate of drug-likeness (QED) is 0.778. The van der Waals surface area contributed by atoms with E-state index in [-0.39, 0.29) is 0 Å². The van der Waals surface area contributed by atoms with Crippen molar-refractivity contribution in [3.8, 4) is 0 Å². The van der Waals surface area contributed by atoms with Gasteiger partial charge in [-0.15, -0.1) is 0 Å². The van der Waals surface area contributed by atoms with Gasteiger partial charge in [0.2, 0.25) is 0 Å². The Morgan fingerprint density at radius 2 is 1.67 bits per heavy atom. The maximum Gasteiger partial charge on any atom is 0.0340 e. The number of hydrogen-bond donors (Lipinski definition) is 2. The minimum atomic E-state index is 0.543. The van der Waals surface area contributed by atoms with Gasteiger partial charge < -0.3 is 11.1 Å². The summed E-state index contributed by atoms with van der Waals surface area (Å²) < 4.78 is 0. The van der Waals surface area contributed by atoms with Crippen molar-refractivity contribution in [3.05, 3.63) is 60.2 Å². The highest BCUT2D eigenvalue weighted by Gasteiger charge is 2.04. The van der Waals surface area contributed by atoms with Gasteiger partial charge in [0.05, 0.1) is 0 Å². The van der Waals surface area contributed by atoms with Crippen LogP contribution in [0.15, 0.2) is 54.6 Å². The Balaban J connectivity index is 1.81. The molecule has 0 aromatic heterocycles. The summed E-state index contributed by atoms with van der Waals surface area (Å²) in [6.07, 6.45) is 1.11. The van der Waals surface area contributed by atoms with Crippen LogP contribution in [0.4, 0.5) is 11.4 Å². The van der Waals surface area contributed by atoms with Crippen LogP contribution < -0.4 is 11.1 Å². The topological polar surface area (TPSA) is 38.0 Å². The van der Waals surface area contributed by atoms with Crippen molar-refractivity contribution < 1.29 is 0 Å². The van der Waals surface area contributed by atoms with Crippen LogP contribution >= 0.6 is 0 Å². The highest BCUT2D eigenvalue weighted by Crippen LogP contribution is 2.20. The van der Waals surface area contributed by atoms with Crippen molar-refractivity contribution in [2.75, 3.05) is 17.6 Å². The van der Waals surface area contributed by atoms with Crippen LogP contribution in [0.1, 0.15) is 24.8 Å². The number of nitrogen functional groups attached to an aromatic ring is 1. The van der Waals surface area contributed by atoms with Crippen LogP contribution in [0.3, 0.4) is 0 Å². The zero-order valence-electron chi connectivity index (χ0n) is 10.8. The maximum absolute atomic E-state index is 5.69. The SMILES string of the molecule is CC(CCNc1ccccc1)c1ccc(N)cc1. The molecule has 0 amide bonds. The predicted octanol–water partition coefficient (Wildman–Crippen LogP) is 3.87. The third-order valence-corrected chi connectivity index (χ3v) is 3.19. The van der Waals surface area contributed by atoms with Gasteiger partial charge in [0.25, 0.3) is 0 Å². The zero-order valence-corrected chi connectivity index (χ0v) is 10.8. The summed E-state index contributed by atoms with van der Waals surface area (Å²) in [6, 6.07) is 18.5. The van der Waals surface area contributed by atoms with Gasteiger partial charge in [-0.3, -0.25) is 0 Å². The fraction of sp³-hybridized carbons (Fsp3) is 0.250. The van der Waals surface area contributed by atoms with Crippen molar-refractivity contribution in [2.45, 2.75) is 19.3 Å². The molecule has 1 unspecified atom stereocenters. The minimum Gasteiger partial charge on any atom is -0.399 e. The Bertz CT molecular complexity index is 462. The van der Waals surface area contributed by atoms with Gasteiger partial charge >= 0.3 is 0 Å². The number of hydrogen-bond acceptors (Lipinski definition) is 2. The van der Waals surface area contributed by atoms with E-state index in [0.717, 1.165) is 18.7 Å². The summed E-state index contributed by atoms with van der Waals surface area (Å²) in [4.78, 5) is 0. The lowest BCUT2D eigenvalue weighted by molar-refractivity contribution is 0.706. The molecular formula is C16H20N2. The summed E-state index contributed by atoms with van der Waals surface area (Å²) >= 11 is 0. The van der Waals surface area contributed by atoms with E-state index in [1.165, 1.54) is 11.3 Å². The van der Waals surface area contributed by atoms with Gasteiger partial charge in [0.1, 0.15) is 0 Å². The Labute approximate surface area is 109 Å². The van der Waals surface area contributed by atoms with Crippen molar-refractivity contribution in [1.82, 2.24) is 0 Å². The second kappa shape index (κ2) is 6.10. The zero-order chi connectivity index (χ0) is 12.8. The molecule has 94 valence electrons. The Hall–Kier alpha value is -1.96. The van der Waals surface area contributed by atoms with E-state index < -0.39 is 0 Å². The molecule has 0 fully saturated rings. The molecule has 0 saturated heterocycles. The van der Waals surface area contributed by atoms with Gasteiger partial charge in [-0.2, -0.15) is 0 Å². The van der Waals surface area contributed by atoms with Crippen LogP contribution in [0.2, 0.25) is 0 Å². The number of nitrogens with two attached hydrogens (primary N) is 1. The summed E-state index contributed by atoms with van der Waals surface area (Å²) in [5.74, 6) is 0.543. The van der Waals surface area contributed by atoms with Gasteiger partial charge in [0.15, 0.2) is 0 Å². The summed E-state index contributed by atoms with van der Waals surface area (Å²) in [5, 5.41) is 3.43. The van der Waals surface area contributed by atoms with Gasteiger partial charge in [-0.1, -0.05) is 37.3 Å². The molecule has 0 saturated carbocycles. The van der Waals surface area contributed by atoms with Crippen LogP contribution in [0, 0.1) is 0 Å². The van der Waals surface area contributed by atoms with Crippen LogP contribution in [0.25, 0.3) is 0 Å². The van der Waals surface area contributed by atoms with Crippen LogP contribution in [-0.4, -0.2) is 6.54 Å². The van der Waals surface area contributed by atoms with Gasteiger partial charge in [-0.05, 0) is 42.2 Å². The second-order valence-electron chi connectivity index (χ2n) is 4.65. The fourth-order valence-corrected chi connectivity index (χ4v) is 1.98. The Morgan fingerprint density at radius 1 is 1.00 bits per heavy atom. The molecule has 0 aliphatic carbocycles. The van der Waals surface area contributed by atoms with Crippen molar-refractivity contribution in [1.29, 1.82) is 0 Å². The fourth-order valence-electron chi connectivity index (χ4n) is 1.98. The Kier molecular flexibility index (Phi) is 4.24. The number of benzene rings is 2. The highest BCUT2D eigenvalue weighted by molar-refractivity contribution is 5.42. The smallest absolute Gasteiger partial charge is 0.0340 e. The standard InChI is InChI=1S/C16H20N2/c1-13(14-7-9-15(17)10-8-14)11-12-18-16-5-3-2-4-6-16/h2-10,13,18H,11-12,17H2,1H3. The molecule has 0 heterocycles. The Morgan fingerprint density at radius 3 is 2.33 bits per heavy atom. The molecular weight excluding hydrogens is 220 g/mol. The molecule has 0 radical (unpaired) electrons. The first-order chi connectivity index (χ1) is 8.75. The summed E-state index contributed by atoms with van der Waals surface area (Å²) in [5.41, 5.74) is 9.05. The van der Waals surface area contributed by atoms with E-state index in [9.17, 15) is 0 Å². The molecule has 2 aromatic rings. The lowest BCUT2D eigenvalue weighted by Crippen LogP contribution is -2.05. The number of nitrogens with one attached hydrogen (secondary N) is 1. The molecule has 1 atom stereocenters. The third-order valence-electron chi connectivity index (χ3n) is 3.19. The summed E-state index contributed by atoms with van der Waals surface area (Å²) in [6.45, 7) is 3.23. The van der Waals surface area contributed by atoms with E-state index in [1.54, 1.807) is 0 Å². The van der Waals surface area contributed by atoms with E-state index in [2.05, 4.69) is 36.5 Å². The first-order valence-electron chi connectivity index (χ1n) is 6.40. The molecule has 0 aliphatic rings. The van der Waals surface area contributed by atoms with E-state index in [1.807, 2.05) is 30.3 Å². The first-order valence-corrected chi connectivity index (χ1v) is 6.40. The van der Waals surface area contributed by atoms with Crippen molar-refractivity contribution in [2.24, 2.45) is 0 Å². The molecule has 0 spiro atoms. The van der Waals surface area contributed by atoms with Crippen molar-refractivity contribution >= 4 is 11.4 Å². The van der Waals surface area contributed by atoms with E-state index in [4.69, 9.17) is 5.73 Å². The number of para-hydroxylation sites is 1. The lowest BCUT2D eigenvalue weighted by Gasteiger charge is -2.13.